The molecule has 16 aromatic carbocycles. The number of nitrogens with zero attached hydrogens (tertiary/aromatic N) is 6. The van der Waals surface area contributed by atoms with Crippen LogP contribution < -0.4 is 5.19 Å². The Hall–Kier alpha value is -14.8. The van der Waals surface area contributed by atoms with Gasteiger partial charge in [0.2, 0.25) is 0 Å². The van der Waals surface area contributed by atoms with Gasteiger partial charge in [0.05, 0.1) is 63.6 Å². The van der Waals surface area contributed by atoms with Crippen LogP contribution in [0.4, 0.5) is 0 Å². The van der Waals surface area contributed by atoms with E-state index in [1.54, 1.807) is 0 Å². The molecule has 548 valence electrons. The summed E-state index contributed by atoms with van der Waals surface area (Å²) in [6.07, 6.45) is 0. The fraction of sp³-hybridized carbons (Fsp3) is 0.0275. The molecule has 0 spiro atoms. The summed E-state index contributed by atoms with van der Waals surface area (Å²) >= 11 is 0. The van der Waals surface area contributed by atoms with Crippen molar-refractivity contribution in [1.82, 2.24) is 28.2 Å². The lowest BCUT2D eigenvalue weighted by molar-refractivity contribution is 1.08. The molecule has 6 aromatic heterocycles. The van der Waals surface area contributed by atoms with Crippen LogP contribution in [-0.2, 0) is 0 Å². The fourth-order valence-electron chi connectivity index (χ4n) is 17.4. The van der Waals surface area contributed by atoms with Crippen molar-refractivity contribution in [2.75, 3.05) is 0 Å². The molecular formula is C109H78N6Si. The van der Waals surface area contributed by atoms with E-state index in [1.807, 2.05) is 0 Å². The highest BCUT2D eigenvalue weighted by Gasteiger charge is 2.23. The van der Waals surface area contributed by atoms with E-state index < -0.39 is 8.07 Å². The minimum absolute atomic E-state index is 0.889. The molecule has 0 fully saturated rings. The molecule has 0 saturated carbocycles. The molecule has 7 heteroatoms. The van der Waals surface area contributed by atoms with Gasteiger partial charge in [0.1, 0.15) is 11.6 Å². The summed E-state index contributed by atoms with van der Waals surface area (Å²) < 4.78 is 9.54. The Kier molecular flexibility index (Phi) is 17.2. The summed E-state index contributed by atoms with van der Waals surface area (Å²) in [4.78, 5) is 10.8. The number of hydrogen-bond donors (Lipinski definition) is 0. The van der Waals surface area contributed by atoms with Gasteiger partial charge in [-0.2, -0.15) is 0 Å². The highest BCUT2D eigenvalue weighted by molar-refractivity contribution is 6.88. The minimum Gasteiger partial charge on any atom is -0.309 e. The van der Waals surface area contributed by atoms with E-state index in [4.69, 9.17) is 9.97 Å². The standard InChI is InChI=1S/C59H39N3.C50H39N3Si/c1-4-14-40(15-5-1)42-24-26-43(27-25-42)44-28-32-49(33-29-44)61-55-22-12-10-20-50(55)52-34-30-46(37-57(52)61)47-31-35-53-51-21-11-13-23-56(51)62(58(53)38-47)59-39-48(41-16-6-2-7-17-41)36-54(60-59)45-18-8-3-9-19-45;1-54(2,3)40-26-24-39(25-27-40)52-46-20-12-10-18-41(46)43-28-22-36(31-48(43)52)37-23-29-44-42-19-11-13-21-47(42)53(49(44)32-37)50-33-38(34-14-6-4-7-15-34)30-45(51-50)35-16-8-5-9-17-35/h1-39H;4-33H,1-3H3. The molecule has 0 aliphatic heterocycles. The van der Waals surface area contributed by atoms with Crippen molar-refractivity contribution < 1.29 is 0 Å². The molecule has 0 atom stereocenters. The molecule has 0 saturated heterocycles. The molecule has 0 radical (unpaired) electrons. The van der Waals surface area contributed by atoms with Crippen molar-refractivity contribution in [2.45, 2.75) is 19.6 Å². The van der Waals surface area contributed by atoms with Crippen molar-refractivity contribution >= 4 is 100 Å². The molecule has 0 aliphatic rings. The number of aromatic nitrogens is 6. The van der Waals surface area contributed by atoms with Crippen LogP contribution in [0.25, 0.3) is 200 Å². The summed E-state index contributed by atoms with van der Waals surface area (Å²) in [5, 5.41) is 11.3. The van der Waals surface area contributed by atoms with E-state index in [0.29, 0.717) is 0 Å². The molecule has 22 aromatic rings. The van der Waals surface area contributed by atoms with Crippen molar-refractivity contribution in [3.05, 3.63) is 419 Å². The van der Waals surface area contributed by atoms with Crippen LogP contribution in [-0.4, -0.2) is 36.3 Å². The predicted octanol–water partition coefficient (Wildman–Crippen LogP) is 28.4. The number of para-hydroxylation sites is 4. The first-order valence-corrected chi connectivity index (χ1v) is 43.4. The number of benzene rings is 16. The van der Waals surface area contributed by atoms with Gasteiger partial charge in [0, 0.05) is 65.6 Å². The smallest absolute Gasteiger partial charge is 0.138 e. The van der Waals surface area contributed by atoms with E-state index in [9.17, 15) is 0 Å². The van der Waals surface area contributed by atoms with Gasteiger partial charge in [0.15, 0.2) is 0 Å². The first kappa shape index (κ1) is 69.2. The SMILES string of the molecule is C[Si](C)(C)c1ccc(-n2c3ccccc3c3ccc(-c4ccc5c6ccccc6n(-c6cc(-c7ccccc7)cc(-c7ccccc7)n6)c5c4)cc32)cc1.c1ccc(-c2ccc(-c3ccc(-n4c5ccccc5c5ccc(-c6ccc7c8ccccc8n(-c8cc(-c9ccccc9)cc(-c9ccccc9)n8)c7c6)cc54)cc3)cc2)cc1. The third-order valence-corrected chi connectivity index (χ3v) is 25.3. The number of hydrogen-bond acceptors (Lipinski definition) is 2. The second-order valence-corrected chi connectivity index (χ2v) is 36.4. The Morgan fingerprint density at radius 1 is 0.172 bits per heavy atom. The number of fused-ring (bicyclic) bond motifs is 12. The van der Waals surface area contributed by atoms with Crippen molar-refractivity contribution in [3.8, 4) is 112 Å². The monoisotopic (exact) mass is 1500 g/mol. The normalized spacial score (nSPS) is 11.8. The first-order valence-electron chi connectivity index (χ1n) is 39.9. The van der Waals surface area contributed by atoms with E-state index in [-0.39, 0.29) is 0 Å². The summed E-state index contributed by atoms with van der Waals surface area (Å²) in [7, 11) is -1.42. The van der Waals surface area contributed by atoms with Crippen molar-refractivity contribution in [3.63, 3.8) is 0 Å². The average molecular weight is 1500 g/mol. The lowest BCUT2D eigenvalue weighted by atomic mass is 10.00. The van der Waals surface area contributed by atoms with Gasteiger partial charge in [-0.1, -0.05) is 346 Å². The maximum atomic E-state index is 5.39. The molecule has 0 bridgehead atoms. The molecule has 6 heterocycles. The van der Waals surface area contributed by atoms with Crippen LogP contribution in [0.15, 0.2) is 419 Å². The number of pyridine rings is 2. The van der Waals surface area contributed by atoms with Crippen molar-refractivity contribution in [2.24, 2.45) is 0 Å². The van der Waals surface area contributed by atoms with E-state index >= 15 is 0 Å². The third-order valence-electron chi connectivity index (χ3n) is 23.2. The lowest BCUT2D eigenvalue weighted by Gasteiger charge is -2.17. The quantitative estimate of drug-likeness (QED) is 0.108. The summed E-state index contributed by atoms with van der Waals surface area (Å²) in [6, 6.07) is 151. The van der Waals surface area contributed by atoms with Crippen LogP contribution >= 0.6 is 0 Å². The molecule has 116 heavy (non-hydrogen) atoms. The molecule has 0 unspecified atom stereocenters. The van der Waals surface area contributed by atoms with Gasteiger partial charge in [-0.05, 0) is 164 Å². The summed E-state index contributed by atoms with van der Waals surface area (Å²) in [5.74, 6) is 1.79. The molecule has 6 nitrogen and oxygen atoms in total. The maximum absolute atomic E-state index is 5.39. The lowest BCUT2D eigenvalue weighted by Crippen LogP contribution is -2.37. The molecule has 0 N–H and O–H groups in total. The second-order valence-electron chi connectivity index (χ2n) is 31.3. The minimum atomic E-state index is -1.42. The Balaban J connectivity index is 0.000000146. The second kappa shape index (κ2) is 28.8. The van der Waals surface area contributed by atoms with Crippen LogP contribution in [0.5, 0.6) is 0 Å². The molecular weight excluding hydrogens is 1420 g/mol. The zero-order valence-corrected chi connectivity index (χ0v) is 65.5. The van der Waals surface area contributed by atoms with Gasteiger partial charge in [-0.15, -0.1) is 0 Å². The van der Waals surface area contributed by atoms with Gasteiger partial charge in [-0.25, -0.2) is 9.97 Å². The van der Waals surface area contributed by atoms with Crippen LogP contribution in [0.1, 0.15) is 0 Å². The largest absolute Gasteiger partial charge is 0.309 e. The Morgan fingerprint density at radius 3 is 0.724 bits per heavy atom. The predicted molar refractivity (Wildman–Crippen MR) is 492 cm³/mol. The number of rotatable bonds is 13. The van der Waals surface area contributed by atoms with Gasteiger partial charge >= 0.3 is 0 Å². The van der Waals surface area contributed by atoms with E-state index in [2.05, 4.69) is 456 Å². The highest BCUT2D eigenvalue weighted by Crippen LogP contribution is 2.43. The fourth-order valence-corrected chi connectivity index (χ4v) is 18.6. The zero-order chi connectivity index (χ0) is 77.4. The topological polar surface area (TPSA) is 45.5 Å². The summed E-state index contributed by atoms with van der Waals surface area (Å²) in [6.45, 7) is 7.22. The third kappa shape index (κ3) is 12.5. The highest BCUT2D eigenvalue weighted by atomic mass is 28.3. The van der Waals surface area contributed by atoms with Gasteiger partial charge in [0.25, 0.3) is 0 Å². The Labute approximate surface area is 674 Å². The maximum Gasteiger partial charge on any atom is 0.138 e. The Bertz CT molecular complexity index is 7370. The first-order chi connectivity index (χ1) is 57.1. The van der Waals surface area contributed by atoms with E-state index in [1.165, 1.54) is 115 Å². The average Bonchev–Trinajstić information content (AvgIpc) is 1.57. The van der Waals surface area contributed by atoms with Crippen molar-refractivity contribution in [1.29, 1.82) is 0 Å². The zero-order valence-electron chi connectivity index (χ0n) is 64.5. The Morgan fingerprint density at radius 2 is 0.405 bits per heavy atom. The van der Waals surface area contributed by atoms with Gasteiger partial charge < -0.3 is 9.13 Å². The molecule has 0 aliphatic carbocycles. The van der Waals surface area contributed by atoms with Crippen LogP contribution in [0.3, 0.4) is 0 Å². The summed E-state index contributed by atoms with van der Waals surface area (Å²) in [5.41, 5.74) is 29.8. The van der Waals surface area contributed by atoms with Crippen LogP contribution in [0.2, 0.25) is 19.6 Å². The van der Waals surface area contributed by atoms with E-state index in [0.717, 1.165) is 89.7 Å². The molecule has 0 amide bonds. The molecule has 22 rings (SSSR count). The van der Waals surface area contributed by atoms with Gasteiger partial charge in [-0.3, -0.25) is 9.13 Å². The van der Waals surface area contributed by atoms with Crippen LogP contribution in [0, 0.1) is 0 Å².